The minimum Gasteiger partial charge on any atom is -0.484 e. The molecule has 2 aromatic rings. The molecule has 0 aliphatic heterocycles. The third-order valence-electron chi connectivity index (χ3n) is 5.59. The van der Waals surface area contributed by atoms with Crippen molar-refractivity contribution in [1.29, 1.82) is 0 Å². The molecule has 2 aromatic carbocycles. The number of benzene rings is 2. The maximum atomic E-state index is 13.3. The molecule has 2 amide bonds. The van der Waals surface area contributed by atoms with Gasteiger partial charge in [-0.25, -0.2) is 0 Å². The maximum Gasteiger partial charge on any atom is 0.261 e. The summed E-state index contributed by atoms with van der Waals surface area (Å²) in [6, 6.07) is 11.1. The molecule has 6 heteroatoms. The normalized spacial score (nSPS) is 12.7. The molecule has 0 unspecified atom stereocenters. The van der Waals surface area contributed by atoms with Crippen LogP contribution >= 0.6 is 11.6 Å². The molecule has 0 radical (unpaired) electrons. The highest BCUT2D eigenvalue weighted by molar-refractivity contribution is 6.32. The quantitative estimate of drug-likeness (QED) is 0.521. The van der Waals surface area contributed by atoms with E-state index in [1.807, 2.05) is 77.9 Å². The highest BCUT2D eigenvalue weighted by Gasteiger charge is 2.29. The molecule has 0 saturated carbocycles. The number of halogens is 1. The Hall–Kier alpha value is -2.53. The second-order valence-corrected chi connectivity index (χ2v) is 8.79. The summed E-state index contributed by atoms with van der Waals surface area (Å²) in [5, 5.41) is 3.71. The lowest BCUT2D eigenvalue weighted by atomic mass is 10.1. The van der Waals surface area contributed by atoms with Gasteiger partial charge in [0.2, 0.25) is 5.91 Å². The van der Waals surface area contributed by atoms with Crippen LogP contribution in [0.3, 0.4) is 0 Å². The largest absolute Gasteiger partial charge is 0.484 e. The molecule has 0 fully saturated rings. The van der Waals surface area contributed by atoms with E-state index in [-0.39, 0.29) is 24.5 Å². The van der Waals surface area contributed by atoms with Gasteiger partial charge in [0.15, 0.2) is 6.61 Å². The van der Waals surface area contributed by atoms with Crippen LogP contribution in [0, 0.1) is 20.8 Å². The van der Waals surface area contributed by atoms with Gasteiger partial charge >= 0.3 is 0 Å². The van der Waals surface area contributed by atoms with E-state index >= 15 is 0 Å². The highest BCUT2D eigenvalue weighted by Crippen LogP contribution is 2.26. The monoisotopic (exact) mass is 458 g/mol. The van der Waals surface area contributed by atoms with Crippen LogP contribution in [-0.4, -0.2) is 35.4 Å². The molecule has 174 valence electrons. The molecule has 0 aromatic heterocycles. The van der Waals surface area contributed by atoms with Crippen molar-refractivity contribution in [2.75, 3.05) is 6.61 Å². The average molecular weight is 459 g/mol. The summed E-state index contributed by atoms with van der Waals surface area (Å²) in [5.41, 5.74) is 3.87. The Labute approximate surface area is 197 Å². The van der Waals surface area contributed by atoms with E-state index < -0.39 is 6.04 Å². The smallest absolute Gasteiger partial charge is 0.261 e. The van der Waals surface area contributed by atoms with Crippen molar-refractivity contribution < 1.29 is 14.3 Å². The second kappa shape index (κ2) is 11.9. The van der Waals surface area contributed by atoms with Crippen LogP contribution in [0.2, 0.25) is 5.02 Å². The second-order valence-electron chi connectivity index (χ2n) is 8.41. The van der Waals surface area contributed by atoms with Crippen LogP contribution in [0.25, 0.3) is 0 Å². The van der Waals surface area contributed by atoms with Gasteiger partial charge in [-0.05, 0) is 69.4 Å². The summed E-state index contributed by atoms with van der Waals surface area (Å²) in [4.78, 5) is 27.9. The van der Waals surface area contributed by atoms with E-state index in [4.69, 9.17) is 16.3 Å². The molecule has 0 saturated heterocycles. The van der Waals surface area contributed by atoms with Crippen LogP contribution in [0.1, 0.15) is 55.9 Å². The molecular weight excluding hydrogens is 424 g/mol. The fourth-order valence-corrected chi connectivity index (χ4v) is 3.69. The van der Waals surface area contributed by atoms with Gasteiger partial charge < -0.3 is 15.0 Å². The predicted molar refractivity (Wildman–Crippen MR) is 130 cm³/mol. The number of rotatable bonds is 10. The van der Waals surface area contributed by atoms with Crippen molar-refractivity contribution in [1.82, 2.24) is 10.2 Å². The molecule has 32 heavy (non-hydrogen) atoms. The minimum absolute atomic E-state index is 0.0451. The summed E-state index contributed by atoms with van der Waals surface area (Å²) in [6.45, 7) is 11.9. The summed E-state index contributed by atoms with van der Waals surface area (Å²) >= 11 is 6.24. The van der Waals surface area contributed by atoms with Gasteiger partial charge in [-0.2, -0.15) is 0 Å². The summed E-state index contributed by atoms with van der Waals surface area (Å²) in [5.74, 6) is 0.217. The third-order valence-corrected chi connectivity index (χ3v) is 6.19. The zero-order chi connectivity index (χ0) is 23.8. The third kappa shape index (κ3) is 6.99. The molecule has 1 N–H and O–H groups in total. The van der Waals surface area contributed by atoms with Crippen molar-refractivity contribution in [2.45, 2.75) is 73.0 Å². The van der Waals surface area contributed by atoms with Crippen molar-refractivity contribution in [2.24, 2.45) is 0 Å². The Kier molecular flexibility index (Phi) is 9.58. The molecule has 2 atom stereocenters. The number of carbonyl (C=O) groups excluding carboxylic acids is 2. The summed E-state index contributed by atoms with van der Waals surface area (Å²) in [6.07, 6.45) is 1.34. The first-order valence-electron chi connectivity index (χ1n) is 11.2. The fraction of sp³-hybridized carbons (Fsp3) is 0.462. The summed E-state index contributed by atoms with van der Waals surface area (Å²) in [7, 11) is 0. The first kappa shape index (κ1) is 25.7. The van der Waals surface area contributed by atoms with E-state index in [1.165, 1.54) is 0 Å². The minimum atomic E-state index is -0.575. The molecule has 0 bridgehead atoms. The van der Waals surface area contributed by atoms with Crippen molar-refractivity contribution in [3.63, 3.8) is 0 Å². The van der Waals surface area contributed by atoms with Gasteiger partial charge in [0.25, 0.3) is 5.91 Å². The van der Waals surface area contributed by atoms with E-state index in [0.717, 1.165) is 28.7 Å². The predicted octanol–water partition coefficient (Wildman–Crippen LogP) is 5.37. The zero-order valence-corrected chi connectivity index (χ0v) is 20.8. The Bertz CT molecular complexity index is 921. The lowest BCUT2D eigenvalue weighted by Gasteiger charge is -2.31. The standard InChI is InChI=1S/C26H35ClN2O3/c1-7-20(6)28-26(31)23(8-2)29(15-21-11-9-10-17(3)12-21)24(30)16-32-22-13-18(4)25(27)19(5)14-22/h9-14,20,23H,7-8,15-16H2,1-6H3,(H,28,31)/t20-,23+/m0/s1. The number of nitrogens with one attached hydrogen (secondary N) is 1. The van der Waals surface area contributed by atoms with Gasteiger partial charge in [-0.3, -0.25) is 9.59 Å². The topological polar surface area (TPSA) is 58.6 Å². The number of nitrogens with zero attached hydrogens (tertiary/aromatic N) is 1. The molecular formula is C26H35ClN2O3. The Morgan fingerprint density at radius 2 is 1.72 bits per heavy atom. The van der Waals surface area contributed by atoms with Crippen molar-refractivity contribution in [3.05, 3.63) is 63.7 Å². The van der Waals surface area contributed by atoms with E-state index in [1.54, 1.807) is 4.90 Å². The van der Waals surface area contributed by atoms with Crippen LogP contribution in [0.15, 0.2) is 36.4 Å². The summed E-state index contributed by atoms with van der Waals surface area (Å²) < 4.78 is 5.82. The number of hydrogen-bond acceptors (Lipinski definition) is 3. The van der Waals surface area contributed by atoms with Crippen molar-refractivity contribution in [3.8, 4) is 5.75 Å². The molecule has 0 aliphatic carbocycles. The van der Waals surface area contributed by atoms with E-state index in [0.29, 0.717) is 23.7 Å². The van der Waals surface area contributed by atoms with Gasteiger partial charge in [0.1, 0.15) is 11.8 Å². The average Bonchev–Trinajstić information content (AvgIpc) is 2.75. The van der Waals surface area contributed by atoms with Crippen LogP contribution < -0.4 is 10.1 Å². The Balaban J connectivity index is 2.25. The fourth-order valence-electron chi connectivity index (χ4n) is 3.59. The Morgan fingerprint density at radius 3 is 2.28 bits per heavy atom. The van der Waals surface area contributed by atoms with Gasteiger partial charge in [0, 0.05) is 17.6 Å². The SMILES string of the molecule is CC[C@H](C(=O)N[C@@H](C)CC)N(Cc1cccc(C)c1)C(=O)COc1cc(C)c(Cl)c(C)c1. The Morgan fingerprint density at radius 1 is 1.06 bits per heavy atom. The maximum absolute atomic E-state index is 13.3. The number of hydrogen-bond donors (Lipinski definition) is 1. The van der Waals surface area contributed by atoms with Gasteiger partial charge in [-0.1, -0.05) is 55.3 Å². The zero-order valence-electron chi connectivity index (χ0n) is 20.0. The van der Waals surface area contributed by atoms with Crippen LogP contribution in [-0.2, 0) is 16.1 Å². The first-order valence-corrected chi connectivity index (χ1v) is 11.6. The number of ether oxygens (including phenoxy) is 1. The number of aryl methyl sites for hydroxylation is 3. The number of amides is 2. The highest BCUT2D eigenvalue weighted by atomic mass is 35.5. The molecule has 0 spiro atoms. The van der Waals surface area contributed by atoms with E-state index in [9.17, 15) is 9.59 Å². The van der Waals surface area contributed by atoms with Crippen LogP contribution in [0.4, 0.5) is 0 Å². The lowest BCUT2D eigenvalue weighted by molar-refractivity contribution is -0.143. The van der Waals surface area contributed by atoms with Gasteiger partial charge in [-0.15, -0.1) is 0 Å². The van der Waals surface area contributed by atoms with E-state index in [2.05, 4.69) is 5.32 Å². The lowest BCUT2D eigenvalue weighted by Crippen LogP contribution is -2.51. The number of carbonyl (C=O) groups is 2. The van der Waals surface area contributed by atoms with Gasteiger partial charge in [0.05, 0.1) is 0 Å². The van der Waals surface area contributed by atoms with Crippen molar-refractivity contribution >= 4 is 23.4 Å². The first-order chi connectivity index (χ1) is 15.2. The van der Waals surface area contributed by atoms with Crippen LogP contribution in [0.5, 0.6) is 5.75 Å². The molecule has 0 heterocycles. The molecule has 0 aliphatic rings. The molecule has 5 nitrogen and oxygen atoms in total. The molecule has 2 rings (SSSR count).